The maximum Gasteiger partial charge on any atom is 0.260 e. The number of aryl methyl sites for hydroxylation is 1. The molecule has 17 heavy (non-hydrogen) atoms. The average molecular weight is 235 g/mol. The minimum absolute atomic E-state index is 0.0779. The molecule has 1 unspecified atom stereocenters. The van der Waals surface area contributed by atoms with Crippen LogP contribution in [0.1, 0.15) is 33.3 Å². The van der Waals surface area contributed by atoms with E-state index in [4.69, 9.17) is 4.74 Å². The molecular formula is C14H21NO2. The number of para-hydroxylation sites is 1. The van der Waals surface area contributed by atoms with E-state index in [-0.39, 0.29) is 11.9 Å². The van der Waals surface area contributed by atoms with E-state index < -0.39 is 6.10 Å². The lowest BCUT2D eigenvalue weighted by Gasteiger charge is -2.18. The molecule has 1 aromatic carbocycles. The normalized spacial score (nSPS) is 12.3. The van der Waals surface area contributed by atoms with Gasteiger partial charge in [-0.3, -0.25) is 4.79 Å². The van der Waals surface area contributed by atoms with Crippen LogP contribution in [0.5, 0.6) is 5.75 Å². The second kappa shape index (κ2) is 6.28. The van der Waals surface area contributed by atoms with Crippen molar-refractivity contribution in [3.05, 3.63) is 29.8 Å². The highest BCUT2D eigenvalue weighted by molar-refractivity contribution is 5.80. The molecule has 1 atom stereocenters. The molecule has 1 N–H and O–H groups in total. The summed E-state index contributed by atoms with van der Waals surface area (Å²) in [6, 6.07) is 7.95. The van der Waals surface area contributed by atoms with E-state index in [0.717, 1.165) is 17.7 Å². The molecular weight excluding hydrogens is 214 g/mol. The number of hydrogen-bond acceptors (Lipinski definition) is 2. The third-order valence-electron chi connectivity index (χ3n) is 2.46. The predicted octanol–water partition coefficient (Wildman–Crippen LogP) is 2.54. The fourth-order valence-corrected chi connectivity index (χ4v) is 1.56. The van der Waals surface area contributed by atoms with Gasteiger partial charge in [-0.1, -0.05) is 25.1 Å². The second-order valence-electron chi connectivity index (χ2n) is 4.38. The Labute approximate surface area is 103 Å². The fraction of sp³-hybridized carbons (Fsp3) is 0.500. The highest BCUT2D eigenvalue weighted by Crippen LogP contribution is 2.19. The summed E-state index contributed by atoms with van der Waals surface area (Å²) in [6.45, 7) is 7.71. The number of hydrogen-bond donors (Lipinski definition) is 1. The zero-order valence-corrected chi connectivity index (χ0v) is 11.0. The molecule has 0 saturated heterocycles. The van der Waals surface area contributed by atoms with Crippen LogP contribution >= 0.6 is 0 Å². The lowest BCUT2D eigenvalue weighted by Crippen LogP contribution is -2.40. The Bertz CT molecular complexity index is 374. The highest BCUT2D eigenvalue weighted by atomic mass is 16.5. The number of carbonyl (C=O) groups is 1. The molecule has 0 radical (unpaired) electrons. The minimum Gasteiger partial charge on any atom is -0.481 e. The van der Waals surface area contributed by atoms with E-state index in [1.807, 2.05) is 38.1 Å². The first-order valence-corrected chi connectivity index (χ1v) is 6.09. The van der Waals surface area contributed by atoms with Crippen LogP contribution in [0, 0.1) is 0 Å². The van der Waals surface area contributed by atoms with Crippen LogP contribution in [0.2, 0.25) is 0 Å². The Morgan fingerprint density at radius 2 is 1.94 bits per heavy atom. The van der Waals surface area contributed by atoms with E-state index in [2.05, 4.69) is 12.2 Å². The van der Waals surface area contributed by atoms with Gasteiger partial charge in [0.1, 0.15) is 5.75 Å². The first kappa shape index (κ1) is 13.6. The molecule has 0 fully saturated rings. The Morgan fingerprint density at radius 3 is 2.53 bits per heavy atom. The summed E-state index contributed by atoms with van der Waals surface area (Å²) >= 11 is 0. The van der Waals surface area contributed by atoms with E-state index in [1.54, 1.807) is 6.92 Å². The third-order valence-corrected chi connectivity index (χ3v) is 2.46. The van der Waals surface area contributed by atoms with Crippen molar-refractivity contribution in [1.82, 2.24) is 5.32 Å². The van der Waals surface area contributed by atoms with E-state index >= 15 is 0 Å². The topological polar surface area (TPSA) is 38.3 Å². The van der Waals surface area contributed by atoms with Crippen LogP contribution in [0.4, 0.5) is 0 Å². The molecule has 0 aliphatic rings. The third kappa shape index (κ3) is 4.10. The summed E-state index contributed by atoms with van der Waals surface area (Å²) in [5.74, 6) is 0.715. The second-order valence-corrected chi connectivity index (χ2v) is 4.38. The van der Waals surface area contributed by atoms with Gasteiger partial charge in [0.25, 0.3) is 5.91 Å². The standard InChI is InChI=1S/C14H21NO2/c1-5-12-8-6-7-9-13(12)17-11(4)14(16)15-10(2)3/h6-11H,5H2,1-4H3,(H,15,16). The number of amides is 1. The van der Waals surface area contributed by atoms with Gasteiger partial charge >= 0.3 is 0 Å². The number of carbonyl (C=O) groups excluding carboxylic acids is 1. The Balaban J connectivity index is 2.67. The van der Waals surface area contributed by atoms with E-state index in [9.17, 15) is 4.79 Å². The monoisotopic (exact) mass is 235 g/mol. The van der Waals surface area contributed by atoms with Crippen LogP contribution in [0.25, 0.3) is 0 Å². The molecule has 1 rings (SSSR count). The van der Waals surface area contributed by atoms with Gasteiger partial charge in [0.05, 0.1) is 0 Å². The SMILES string of the molecule is CCc1ccccc1OC(C)C(=O)NC(C)C. The number of benzene rings is 1. The maximum atomic E-state index is 11.7. The van der Waals surface area contributed by atoms with Crippen molar-refractivity contribution in [3.63, 3.8) is 0 Å². The summed E-state index contributed by atoms with van der Waals surface area (Å²) in [7, 11) is 0. The van der Waals surface area contributed by atoms with Crippen molar-refractivity contribution < 1.29 is 9.53 Å². The summed E-state index contributed by atoms with van der Waals surface area (Å²) < 4.78 is 5.69. The van der Waals surface area contributed by atoms with Gasteiger partial charge in [0, 0.05) is 6.04 Å². The molecule has 0 aromatic heterocycles. The molecule has 0 bridgehead atoms. The first-order chi connectivity index (χ1) is 8.04. The van der Waals surface area contributed by atoms with Gasteiger partial charge in [-0.05, 0) is 38.8 Å². The molecule has 0 aliphatic heterocycles. The largest absolute Gasteiger partial charge is 0.481 e. The lowest BCUT2D eigenvalue weighted by atomic mass is 10.1. The van der Waals surface area contributed by atoms with Crippen LogP contribution < -0.4 is 10.1 Å². The number of nitrogens with one attached hydrogen (secondary N) is 1. The van der Waals surface area contributed by atoms with Gasteiger partial charge in [0.15, 0.2) is 6.10 Å². The van der Waals surface area contributed by atoms with E-state index in [0.29, 0.717) is 0 Å². The number of rotatable bonds is 5. The Hall–Kier alpha value is -1.51. The van der Waals surface area contributed by atoms with Crippen molar-refractivity contribution in [3.8, 4) is 5.75 Å². The van der Waals surface area contributed by atoms with Crippen LogP contribution in [-0.4, -0.2) is 18.1 Å². The van der Waals surface area contributed by atoms with Gasteiger partial charge in [-0.15, -0.1) is 0 Å². The van der Waals surface area contributed by atoms with Crippen molar-refractivity contribution in [2.24, 2.45) is 0 Å². The van der Waals surface area contributed by atoms with Crippen LogP contribution in [-0.2, 0) is 11.2 Å². The quantitative estimate of drug-likeness (QED) is 0.851. The van der Waals surface area contributed by atoms with Crippen LogP contribution in [0.3, 0.4) is 0 Å². The summed E-state index contributed by atoms with van der Waals surface area (Å²) in [5, 5.41) is 2.84. The zero-order chi connectivity index (χ0) is 12.8. The average Bonchev–Trinajstić information content (AvgIpc) is 2.28. The molecule has 3 heteroatoms. The summed E-state index contributed by atoms with van der Waals surface area (Å²) in [5.41, 5.74) is 1.12. The zero-order valence-electron chi connectivity index (χ0n) is 11.0. The van der Waals surface area contributed by atoms with Crippen molar-refractivity contribution in [2.75, 3.05) is 0 Å². The summed E-state index contributed by atoms with van der Waals surface area (Å²) in [6.07, 6.45) is 0.430. The Kier molecular flexibility index (Phi) is 5.01. The molecule has 0 heterocycles. The lowest BCUT2D eigenvalue weighted by molar-refractivity contribution is -0.127. The van der Waals surface area contributed by atoms with Gasteiger partial charge < -0.3 is 10.1 Å². The molecule has 3 nitrogen and oxygen atoms in total. The molecule has 0 aliphatic carbocycles. The molecule has 0 saturated carbocycles. The Morgan fingerprint density at radius 1 is 1.29 bits per heavy atom. The van der Waals surface area contributed by atoms with E-state index in [1.165, 1.54) is 0 Å². The molecule has 1 aromatic rings. The summed E-state index contributed by atoms with van der Waals surface area (Å²) in [4.78, 5) is 11.7. The molecule has 1 amide bonds. The van der Waals surface area contributed by atoms with Crippen molar-refractivity contribution in [2.45, 2.75) is 46.3 Å². The van der Waals surface area contributed by atoms with Gasteiger partial charge in [0.2, 0.25) is 0 Å². The van der Waals surface area contributed by atoms with Gasteiger partial charge in [-0.2, -0.15) is 0 Å². The highest BCUT2D eigenvalue weighted by Gasteiger charge is 2.16. The maximum absolute atomic E-state index is 11.7. The number of ether oxygens (including phenoxy) is 1. The van der Waals surface area contributed by atoms with Gasteiger partial charge in [-0.25, -0.2) is 0 Å². The van der Waals surface area contributed by atoms with Crippen LogP contribution in [0.15, 0.2) is 24.3 Å². The molecule has 0 spiro atoms. The minimum atomic E-state index is -0.468. The fourth-order valence-electron chi connectivity index (χ4n) is 1.56. The predicted molar refractivity (Wildman–Crippen MR) is 69.2 cm³/mol. The van der Waals surface area contributed by atoms with Crippen molar-refractivity contribution in [1.29, 1.82) is 0 Å². The smallest absolute Gasteiger partial charge is 0.260 e. The first-order valence-electron chi connectivity index (χ1n) is 6.09. The van der Waals surface area contributed by atoms with Crippen molar-refractivity contribution >= 4 is 5.91 Å². The molecule has 94 valence electrons.